The molecule has 0 spiro atoms. The Bertz CT molecular complexity index is 618. The van der Waals surface area contributed by atoms with Crippen molar-refractivity contribution in [3.63, 3.8) is 0 Å². The first-order chi connectivity index (χ1) is 8.98. The number of halogens is 2. The van der Waals surface area contributed by atoms with Gasteiger partial charge in [-0.2, -0.15) is 0 Å². The van der Waals surface area contributed by atoms with Crippen molar-refractivity contribution >= 4 is 17.5 Å². The fourth-order valence-corrected chi connectivity index (χ4v) is 2.16. The summed E-state index contributed by atoms with van der Waals surface area (Å²) in [6.07, 6.45) is 0. The molecule has 2 aromatic rings. The van der Waals surface area contributed by atoms with E-state index in [2.05, 4.69) is 0 Å². The molecule has 3 N–H and O–H groups in total. The summed E-state index contributed by atoms with van der Waals surface area (Å²) in [5.74, 6) is -1.75. The van der Waals surface area contributed by atoms with Crippen LogP contribution in [0.2, 0.25) is 5.02 Å². The lowest BCUT2D eigenvalue weighted by atomic mass is 9.85. The number of hydrogen-bond donors (Lipinski definition) is 2. The number of hydrogen-bond acceptors (Lipinski definition) is 2. The zero-order valence-corrected chi connectivity index (χ0v) is 10.6. The fraction of sp³-hybridized carbons (Fsp3) is 0.0714. The molecule has 2 aromatic carbocycles. The van der Waals surface area contributed by atoms with Crippen LogP contribution < -0.4 is 5.73 Å². The number of benzene rings is 2. The topological polar surface area (TPSA) is 63.3 Å². The third kappa shape index (κ3) is 2.20. The molecule has 0 heterocycles. The van der Waals surface area contributed by atoms with Gasteiger partial charge in [-0.15, -0.1) is 0 Å². The zero-order valence-electron chi connectivity index (χ0n) is 9.81. The average molecular weight is 280 g/mol. The third-order valence-electron chi connectivity index (χ3n) is 2.89. The molecule has 0 aliphatic heterocycles. The first-order valence-electron chi connectivity index (χ1n) is 5.50. The fourth-order valence-electron chi connectivity index (χ4n) is 1.89. The number of rotatable bonds is 3. The largest absolute Gasteiger partial charge is 0.372 e. The first-order valence-corrected chi connectivity index (χ1v) is 5.88. The minimum atomic E-state index is -2.17. The van der Waals surface area contributed by atoms with Gasteiger partial charge >= 0.3 is 0 Å². The molecule has 0 aliphatic carbocycles. The Morgan fingerprint density at radius 1 is 1.16 bits per heavy atom. The summed E-state index contributed by atoms with van der Waals surface area (Å²) in [4.78, 5) is 11.7. The predicted molar refractivity (Wildman–Crippen MR) is 70.0 cm³/mol. The van der Waals surface area contributed by atoms with E-state index in [1.807, 2.05) is 0 Å². The highest BCUT2D eigenvalue weighted by atomic mass is 35.5. The number of nitrogens with two attached hydrogens (primary N) is 1. The van der Waals surface area contributed by atoms with Crippen molar-refractivity contribution in [2.24, 2.45) is 5.73 Å². The Labute approximate surface area is 114 Å². The Balaban J connectivity index is 2.71. The zero-order chi connectivity index (χ0) is 14.0. The molecule has 0 radical (unpaired) electrons. The Hall–Kier alpha value is -1.91. The molecule has 0 fully saturated rings. The molecule has 1 atom stereocenters. The van der Waals surface area contributed by atoms with Gasteiger partial charge in [-0.1, -0.05) is 54.1 Å². The van der Waals surface area contributed by atoms with Gasteiger partial charge in [0.25, 0.3) is 5.91 Å². The van der Waals surface area contributed by atoms with Crippen molar-refractivity contribution in [2.45, 2.75) is 5.60 Å². The van der Waals surface area contributed by atoms with Gasteiger partial charge < -0.3 is 10.8 Å². The van der Waals surface area contributed by atoms with E-state index >= 15 is 0 Å². The Morgan fingerprint density at radius 2 is 1.79 bits per heavy atom. The van der Waals surface area contributed by atoms with Crippen LogP contribution in [0.5, 0.6) is 0 Å². The molecule has 0 aliphatic rings. The van der Waals surface area contributed by atoms with Crippen LogP contribution in [0.25, 0.3) is 0 Å². The maximum absolute atomic E-state index is 13.5. The minimum absolute atomic E-state index is 0.0760. The van der Waals surface area contributed by atoms with Crippen LogP contribution >= 0.6 is 11.6 Å². The monoisotopic (exact) mass is 279 g/mol. The number of carbonyl (C=O) groups excluding carboxylic acids is 1. The lowest BCUT2D eigenvalue weighted by Crippen LogP contribution is -2.42. The lowest BCUT2D eigenvalue weighted by Gasteiger charge is -2.26. The Morgan fingerprint density at radius 3 is 2.37 bits per heavy atom. The van der Waals surface area contributed by atoms with Crippen molar-refractivity contribution in [1.29, 1.82) is 0 Å². The van der Waals surface area contributed by atoms with Gasteiger partial charge in [0.05, 0.1) is 5.02 Å². The van der Waals surface area contributed by atoms with Gasteiger partial charge in [-0.05, 0) is 11.6 Å². The first kappa shape index (κ1) is 13.5. The van der Waals surface area contributed by atoms with Crippen molar-refractivity contribution in [1.82, 2.24) is 0 Å². The van der Waals surface area contributed by atoms with E-state index in [1.165, 1.54) is 24.3 Å². The summed E-state index contributed by atoms with van der Waals surface area (Å²) in [5, 5.41) is 10.3. The number of carbonyl (C=O) groups is 1. The lowest BCUT2D eigenvalue weighted by molar-refractivity contribution is -0.133. The second-order valence-electron chi connectivity index (χ2n) is 4.04. The van der Waals surface area contributed by atoms with E-state index in [4.69, 9.17) is 17.3 Å². The molecule has 98 valence electrons. The van der Waals surface area contributed by atoms with Crippen molar-refractivity contribution in [3.8, 4) is 0 Å². The van der Waals surface area contributed by atoms with E-state index in [9.17, 15) is 14.3 Å². The molecular weight excluding hydrogens is 269 g/mol. The molecule has 1 amide bonds. The number of amides is 1. The van der Waals surface area contributed by atoms with E-state index in [-0.39, 0.29) is 16.1 Å². The van der Waals surface area contributed by atoms with Gasteiger partial charge in [-0.25, -0.2) is 4.39 Å². The molecule has 5 heteroatoms. The maximum Gasteiger partial charge on any atom is 0.258 e. The molecular formula is C14H11ClFNO2. The number of primary amides is 1. The molecule has 1 unspecified atom stereocenters. The van der Waals surface area contributed by atoms with E-state index in [1.54, 1.807) is 18.2 Å². The van der Waals surface area contributed by atoms with Crippen LogP contribution in [-0.4, -0.2) is 11.0 Å². The Kier molecular flexibility index (Phi) is 3.55. The highest BCUT2D eigenvalue weighted by Crippen LogP contribution is 2.35. The summed E-state index contributed by atoms with van der Waals surface area (Å²) in [7, 11) is 0. The quantitative estimate of drug-likeness (QED) is 0.905. The standard InChI is InChI=1S/C14H11ClFNO2/c15-12-10(7-4-8-11(12)16)14(19,13(17)18)9-5-2-1-3-6-9/h1-8,19H,(H2,17,18). The van der Waals surface area contributed by atoms with E-state index in [0.717, 1.165) is 6.07 Å². The molecule has 0 bridgehead atoms. The van der Waals surface area contributed by atoms with Gasteiger partial charge in [0, 0.05) is 5.56 Å². The summed E-state index contributed by atoms with van der Waals surface area (Å²) in [6.45, 7) is 0. The molecule has 0 aromatic heterocycles. The summed E-state index contributed by atoms with van der Waals surface area (Å²) >= 11 is 5.83. The van der Waals surface area contributed by atoms with Gasteiger partial charge in [0.2, 0.25) is 0 Å². The predicted octanol–water partition coefficient (Wildman–Crippen LogP) is 2.20. The van der Waals surface area contributed by atoms with Crippen molar-refractivity contribution in [3.05, 3.63) is 70.5 Å². The smallest absolute Gasteiger partial charge is 0.258 e. The van der Waals surface area contributed by atoms with Crippen LogP contribution in [0.4, 0.5) is 4.39 Å². The maximum atomic E-state index is 13.5. The molecule has 2 rings (SSSR count). The van der Waals surface area contributed by atoms with Crippen LogP contribution in [0, 0.1) is 5.82 Å². The second-order valence-corrected chi connectivity index (χ2v) is 4.42. The van der Waals surface area contributed by atoms with Crippen molar-refractivity contribution in [2.75, 3.05) is 0 Å². The molecule has 0 saturated heterocycles. The number of aliphatic hydroxyl groups is 1. The third-order valence-corrected chi connectivity index (χ3v) is 3.27. The molecule has 3 nitrogen and oxygen atoms in total. The SMILES string of the molecule is NC(=O)C(O)(c1ccccc1)c1cccc(F)c1Cl. The van der Waals surface area contributed by atoms with Crippen LogP contribution in [0.1, 0.15) is 11.1 Å². The van der Waals surface area contributed by atoms with Gasteiger partial charge in [-0.3, -0.25) is 4.79 Å². The van der Waals surface area contributed by atoms with Crippen molar-refractivity contribution < 1.29 is 14.3 Å². The van der Waals surface area contributed by atoms with Crippen LogP contribution in [0.15, 0.2) is 48.5 Å². The second kappa shape index (κ2) is 4.99. The normalized spacial score (nSPS) is 13.8. The van der Waals surface area contributed by atoms with Gasteiger partial charge in [0.1, 0.15) is 5.82 Å². The summed E-state index contributed by atoms with van der Waals surface area (Å²) < 4.78 is 13.5. The van der Waals surface area contributed by atoms with E-state index in [0.29, 0.717) is 0 Å². The van der Waals surface area contributed by atoms with Crippen LogP contribution in [-0.2, 0) is 10.4 Å². The highest BCUT2D eigenvalue weighted by molar-refractivity contribution is 6.32. The summed E-state index contributed by atoms with van der Waals surface area (Å²) in [5.41, 5.74) is 3.27. The minimum Gasteiger partial charge on any atom is -0.372 e. The van der Waals surface area contributed by atoms with Crippen LogP contribution in [0.3, 0.4) is 0 Å². The summed E-state index contributed by atoms with van der Waals surface area (Å²) in [6, 6.07) is 11.9. The molecule has 19 heavy (non-hydrogen) atoms. The van der Waals surface area contributed by atoms with E-state index < -0.39 is 17.3 Å². The molecule has 0 saturated carbocycles. The average Bonchev–Trinajstić information content (AvgIpc) is 2.42. The highest BCUT2D eigenvalue weighted by Gasteiger charge is 2.40. The van der Waals surface area contributed by atoms with Gasteiger partial charge in [0.15, 0.2) is 5.60 Å².